The first-order valence-corrected chi connectivity index (χ1v) is 5.62. The van der Waals surface area contributed by atoms with E-state index in [2.05, 4.69) is 4.74 Å². The number of carboxylic acid groups (broad SMARTS) is 1. The summed E-state index contributed by atoms with van der Waals surface area (Å²) in [4.78, 5) is 31.4. The summed E-state index contributed by atoms with van der Waals surface area (Å²) in [7, 11) is 0. The van der Waals surface area contributed by atoms with E-state index in [0.717, 1.165) is 0 Å². The van der Waals surface area contributed by atoms with Gasteiger partial charge in [0.15, 0.2) is 0 Å². The summed E-state index contributed by atoms with van der Waals surface area (Å²) < 4.78 is 4.31. The number of aliphatic carboxylic acids is 1. The van der Waals surface area contributed by atoms with E-state index in [1.54, 1.807) is 27.7 Å². The molecule has 5 nitrogen and oxygen atoms in total. The van der Waals surface area contributed by atoms with Crippen molar-refractivity contribution in [1.82, 2.24) is 0 Å². The monoisotopic (exact) mass is 244 g/mol. The van der Waals surface area contributed by atoms with Crippen LogP contribution >= 0.6 is 0 Å². The summed E-state index contributed by atoms with van der Waals surface area (Å²) in [5, 5.41) is 8.44. The third kappa shape index (κ3) is 4.17. The summed E-state index contributed by atoms with van der Waals surface area (Å²) in [5.74, 6) is -2.02. The smallest absolute Gasteiger partial charge is 0.317 e. The first-order valence-electron chi connectivity index (χ1n) is 5.62. The number of carbonyl (C=O) groups excluding carboxylic acids is 2. The summed E-state index contributed by atoms with van der Waals surface area (Å²) >= 11 is 0. The molecule has 1 N–H and O–H groups in total. The molecule has 17 heavy (non-hydrogen) atoms. The number of hydrogen-bond donors (Lipinski definition) is 1. The predicted octanol–water partition coefficient (Wildman–Crippen LogP) is 1.85. The Bertz CT molecular complexity index is 301. The molecule has 0 radical (unpaired) electrons. The fourth-order valence-corrected chi connectivity index (χ4v) is 0.845. The largest absolute Gasteiger partial charge is 0.481 e. The molecule has 98 valence electrons. The van der Waals surface area contributed by atoms with Crippen molar-refractivity contribution in [3.63, 3.8) is 0 Å². The van der Waals surface area contributed by atoms with Crippen molar-refractivity contribution in [2.75, 3.05) is 0 Å². The zero-order valence-corrected chi connectivity index (χ0v) is 10.9. The van der Waals surface area contributed by atoms with Gasteiger partial charge in [0.2, 0.25) is 0 Å². The van der Waals surface area contributed by atoms with Crippen LogP contribution in [0.5, 0.6) is 0 Å². The Hall–Kier alpha value is -1.39. The molecule has 0 aromatic heterocycles. The van der Waals surface area contributed by atoms with Crippen molar-refractivity contribution in [3.05, 3.63) is 0 Å². The highest BCUT2D eigenvalue weighted by atomic mass is 16.6. The molecule has 0 aliphatic carbocycles. The molecule has 1 saturated heterocycles. The van der Waals surface area contributed by atoms with Crippen LogP contribution in [0.15, 0.2) is 0 Å². The van der Waals surface area contributed by atoms with E-state index in [9.17, 15) is 14.4 Å². The quantitative estimate of drug-likeness (QED) is 0.592. The first kappa shape index (κ1) is 15.6. The lowest BCUT2D eigenvalue weighted by Crippen LogP contribution is -2.21. The Morgan fingerprint density at radius 1 is 1.24 bits per heavy atom. The maximum absolute atomic E-state index is 10.6. The van der Waals surface area contributed by atoms with Gasteiger partial charge < -0.3 is 9.84 Å². The lowest BCUT2D eigenvalue weighted by atomic mass is 9.91. The predicted molar refractivity (Wildman–Crippen MR) is 61.1 cm³/mol. The van der Waals surface area contributed by atoms with Crippen molar-refractivity contribution in [2.45, 2.75) is 41.0 Å². The van der Waals surface area contributed by atoms with Crippen LogP contribution in [0.1, 0.15) is 41.0 Å². The second-order valence-corrected chi connectivity index (χ2v) is 4.86. The third-order valence-corrected chi connectivity index (χ3v) is 3.16. The van der Waals surface area contributed by atoms with Gasteiger partial charge in [-0.3, -0.25) is 14.4 Å². The number of esters is 2. The van der Waals surface area contributed by atoms with Crippen LogP contribution in [-0.4, -0.2) is 23.0 Å². The maximum Gasteiger partial charge on any atom is 0.317 e. The van der Waals surface area contributed by atoms with Crippen LogP contribution in [0.4, 0.5) is 0 Å². The van der Waals surface area contributed by atoms with E-state index in [1.807, 2.05) is 6.92 Å². The molecule has 1 aliphatic rings. The molecule has 5 heteroatoms. The van der Waals surface area contributed by atoms with E-state index >= 15 is 0 Å². The molecule has 1 aliphatic heterocycles. The van der Waals surface area contributed by atoms with E-state index < -0.39 is 23.3 Å². The molecule has 1 rings (SSSR count). The Morgan fingerprint density at radius 2 is 1.59 bits per heavy atom. The average Bonchev–Trinajstić information content (AvgIpc) is 2.46. The van der Waals surface area contributed by atoms with Gasteiger partial charge in [0.05, 0.1) is 17.3 Å². The Kier molecular flexibility index (Phi) is 5.32. The SMILES string of the molecule is CC1C(=O)OC(=O)C1C.CCC(C)(C)C(=O)O. The fraction of sp³-hybridized carbons (Fsp3) is 0.750. The van der Waals surface area contributed by atoms with Crippen molar-refractivity contribution in [3.8, 4) is 0 Å². The molecule has 0 saturated carbocycles. The molecule has 0 aromatic rings. The Labute approximate surface area is 101 Å². The molecule has 0 aromatic carbocycles. The van der Waals surface area contributed by atoms with Gasteiger partial charge in [-0.15, -0.1) is 0 Å². The van der Waals surface area contributed by atoms with Crippen molar-refractivity contribution in [2.24, 2.45) is 17.3 Å². The van der Waals surface area contributed by atoms with Crippen molar-refractivity contribution >= 4 is 17.9 Å². The lowest BCUT2D eigenvalue weighted by molar-refractivity contribution is -0.153. The van der Waals surface area contributed by atoms with Gasteiger partial charge in [-0.1, -0.05) is 20.8 Å². The second-order valence-electron chi connectivity index (χ2n) is 4.86. The normalized spacial score (nSPS) is 23.8. The molecular weight excluding hydrogens is 224 g/mol. The van der Waals surface area contributed by atoms with E-state index in [-0.39, 0.29) is 11.8 Å². The van der Waals surface area contributed by atoms with Crippen molar-refractivity contribution < 1.29 is 24.2 Å². The fourth-order valence-electron chi connectivity index (χ4n) is 0.845. The highest BCUT2D eigenvalue weighted by Crippen LogP contribution is 2.21. The van der Waals surface area contributed by atoms with Gasteiger partial charge in [-0.25, -0.2) is 0 Å². The summed E-state index contributed by atoms with van der Waals surface area (Å²) in [6, 6.07) is 0. The zero-order valence-electron chi connectivity index (χ0n) is 10.9. The maximum atomic E-state index is 10.6. The van der Waals surface area contributed by atoms with E-state index in [1.165, 1.54) is 0 Å². The van der Waals surface area contributed by atoms with Crippen LogP contribution in [0.2, 0.25) is 0 Å². The number of rotatable bonds is 2. The highest BCUT2D eigenvalue weighted by Gasteiger charge is 2.37. The second kappa shape index (κ2) is 5.80. The zero-order chi connectivity index (χ0) is 13.8. The van der Waals surface area contributed by atoms with E-state index in [4.69, 9.17) is 5.11 Å². The molecule has 1 fully saturated rings. The summed E-state index contributed by atoms with van der Waals surface area (Å²) in [6.45, 7) is 8.69. The summed E-state index contributed by atoms with van der Waals surface area (Å²) in [6.07, 6.45) is 0.683. The molecular formula is C12H20O5. The van der Waals surface area contributed by atoms with Gasteiger partial charge in [-0.05, 0) is 20.3 Å². The minimum Gasteiger partial charge on any atom is -0.481 e. The van der Waals surface area contributed by atoms with Gasteiger partial charge >= 0.3 is 17.9 Å². The van der Waals surface area contributed by atoms with Gasteiger partial charge in [-0.2, -0.15) is 0 Å². The van der Waals surface area contributed by atoms with Crippen LogP contribution in [0.3, 0.4) is 0 Å². The molecule has 1 heterocycles. The summed E-state index contributed by atoms with van der Waals surface area (Å²) in [5.41, 5.74) is -0.542. The number of ether oxygens (including phenoxy) is 1. The van der Waals surface area contributed by atoms with Crippen LogP contribution in [0.25, 0.3) is 0 Å². The Balaban J connectivity index is 0.000000304. The number of carbonyl (C=O) groups is 3. The topological polar surface area (TPSA) is 80.7 Å². The third-order valence-electron chi connectivity index (χ3n) is 3.16. The Morgan fingerprint density at radius 3 is 1.65 bits per heavy atom. The van der Waals surface area contributed by atoms with Crippen LogP contribution in [0, 0.1) is 17.3 Å². The van der Waals surface area contributed by atoms with Gasteiger partial charge in [0.1, 0.15) is 0 Å². The van der Waals surface area contributed by atoms with Gasteiger partial charge in [0.25, 0.3) is 0 Å². The van der Waals surface area contributed by atoms with Crippen LogP contribution in [-0.2, 0) is 19.1 Å². The number of hydrogen-bond acceptors (Lipinski definition) is 4. The minimum absolute atomic E-state index is 0.252. The van der Waals surface area contributed by atoms with Gasteiger partial charge in [0, 0.05) is 0 Å². The molecule has 0 bridgehead atoms. The van der Waals surface area contributed by atoms with E-state index in [0.29, 0.717) is 6.42 Å². The molecule has 2 unspecified atom stereocenters. The van der Waals surface area contributed by atoms with Crippen LogP contribution < -0.4 is 0 Å². The minimum atomic E-state index is -0.722. The molecule has 0 spiro atoms. The first-order chi connectivity index (χ1) is 7.63. The van der Waals surface area contributed by atoms with Crippen molar-refractivity contribution in [1.29, 1.82) is 0 Å². The number of carboxylic acids is 1. The number of cyclic esters (lactones) is 2. The average molecular weight is 244 g/mol. The highest BCUT2D eigenvalue weighted by molar-refractivity contribution is 5.95. The molecule has 2 atom stereocenters. The standard InChI is InChI=1S/C6H8O3.C6H12O2/c1-3-4(2)6(8)9-5(3)7;1-4-6(2,3)5(7)8/h3-4H,1-2H3;4H2,1-3H3,(H,7,8). The lowest BCUT2D eigenvalue weighted by Gasteiger charge is -2.14. The molecule has 0 amide bonds.